The monoisotopic (exact) mass is 635 g/mol. The van der Waals surface area contributed by atoms with E-state index in [1.54, 1.807) is 0 Å². The van der Waals surface area contributed by atoms with Gasteiger partial charge in [0, 0.05) is 69.3 Å². The van der Waals surface area contributed by atoms with Crippen LogP contribution < -0.4 is 25.3 Å². The van der Waals surface area contributed by atoms with Crippen molar-refractivity contribution in [3.63, 3.8) is 0 Å². The van der Waals surface area contributed by atoms with Gasteiger partial charge >= 0.3 is 6.09 Å². The number of amides is 1. The lowest BCUT2D eigenvalue weighted by Gasteiger charge is -2.35. The molecule has 2 aromatic rings. The Balaban J connectivity index is 1.17. The summed E-state index contributed by atoms with van der Waals surface area (Å²) in [5.41, 5.74) is 3.19. The van der Waals surface area contributed by atoms with Gasteiger partial charge in [-0.1, -0.05) is 31.9 Å². The molecule has 1 amide bonds. The minimum absolute atomic E-state index is 0.0832. The van der Waals surface area contributed by atoms with E-state index < -0.39 is 11.7 Å². The highest BCUT2D eigenvalue weighted by Crippen LogP contribution is 2.27. The van der Waals surface area contributed by atoms with Crippen LogP contribution in [0.3, 0.4) is 0 Å². The van der Waals surface area contributed by atoms with Crippen molar-refractivity contribution in [1.82, 2.24) is 20.6 Å². The predicted molar refractivity (Wildman–Crippen MR) is 186 cm³/mol. The number of alkyl carbamates (subject to hydrolysis) is 1. The molecule has 2 N–H and O–H groups in total. The molecule has 0 bridgehead atoms. The molecule has 3 aliphatic rings. The highest BCUT2D eigenvalue weighted by Gasteiger charge is 2.29. The maximum absolute atomic E-state index is 12.3. The van der Waals surface area contributed by atoms with Crippen LogP contribution in [0, 0.1) is 6.92 Å². The molecule has 0 aliphatic carbocycles. The van der Waals surface area contributed by atoms with E-state index in [0.717, 1.165) is 82.2 Å². The molecule has 4 heterocycles. The number of ether oxygens (including phenoxy) is 2. The van der Waals surface area contributed by atoms with Crippen molar-refractivity contribution in [3.8, 4) is 0 Å². The third-order valence-corrected chi connectivity index (χ3v) is 9.30. The number of aryl methyl sites for hydroxylation is 1. The molecule has 1 aromatic carbocycles. The molecule has 10 heteroatoms. The van der Waals surface area contributed by atoms with Gasteiger partial charge in [-0.05, 0) is 83.9 Å². The largest absolute Gasteiger partial charge is 0.444 e. The van der Waals surface area contributed by atoms with Crippen molar-refractivity contribution in [2.45, 2.75) is 116 Å². The molecule has 2 atom stereocenters. The standard InChI is InChI=1S/C36H57N7O3/c1-6-7-12-31-26-45-32(25-38-35(44)46-36(3,4)5)16-21-43(31)34-39-27(2)22-33(40-34)42-19-14-29(15-20-42)37-24-28-11-10-13-30(23-28)41-17-8-9-18-41/h10-11,13,22-23,29,31-32,37H,6-9,12,14-21,24-26H2,1-5H3,(H,38,44). The van der Waals surface area contributed by atoms with Crippen LogP contribution in [0.4, 0.5) is 22.2 Å². The molecule has 3 fully saturated rings. The van der Waals surface area contributed by atoms with Crippen LogP contribution in [0.25, 0.3) is 0 Å². The number of carbonyl (C=O) groups is 1. The second kappa shape index (κ2) is 16.1. The fourth-order valence-corrected chi connectivity index (χ4v) is 6.74. The van der Waals surface area contributed by atoms with Crippen LogP contribution in [0.1, 0.15) is 90.3 Å². The molecule has 10 nitrogen and oxygen atoms in total. The first kappa shape index (κ1) is 34.2. The van der Waals surface area contributed by atoms with E-state index in [2.05, 4.69) is 69.5 Å². The van der Waals surface area contributed by atoms with Crippen LogP contribution in [0.15, 0.2) is 30.3 Å². The van der Waals surface area contributed by atoms with Crippen LogP contribution in [-0.4, -0.2) is 85.7 Å². The summed E-state index contributed by atoms with van der Waals surface area (Å²) in [6, 6.07) is 11.9. The fourth-order valence-electron chi connectivity index (χ4n) is 6.74. The van der Waals surface area contributed by atoms with Crippen molar-refractivity contribution < 1.29 is 14.3 Å². The summed E-state index contributed by atoms with van der Waals surface area (Å²) in [5, 5.41) is 6.73. The van der Waals surface area contributed by atoms with Gasteiger partial charge in [0.25, 0.3) is 0 Å². The number of rotatable bonds is 11. The summed E-state index contributed by atoms with van der Waals surface area (Å²) in [7, 11) is 0. The number of anilines is 3. The second-order valence-electron chi connectivity index (χ2n) is 14.3. The Morgan fingerprint density at radius 2 is 1.80 bits per heavy atom. The van der Waals surface area contributed by atoms with Gasteiger partial charge in [-0.2, -0.15) is 4.98 Å². The number of hydrogen-bond donors (Lipinski definition) is 2. The van der Waals surface area contributed by atoms with Crippen LogP contribution >= 0.6 is 0 Å². The van der Waals surface area contributed by atoms with E-state index in [1.165, 1.54) is 37.2 Å². The smallest absolute Gasteiger partial charge is 0.407 e. The lowest BCUT2D eigenvalue weighted by molar-refractivity contribution is 0.0343. The molecule has 46 heavy (non-hydrogen) atoms. The average Bonchev–Trinajstić information content (AvgIpc) is 3.50. The molecular weight excluding hydrogens is 578 g/mol. The van der Waals surface area contributed by atoms with Gasteiger partial charge in [0.05, 0.1) is 18.8 Å². The van der Waals surface area contributed by atoms with E-state index in [-0.39, 0.29) is 12.1 Å². The predicted octanol–water partition coefficient (Wildman–Crippen LogP) is 5.82. The zero-order valence-corrected chi connectivity index (χ0v) is 28.9. The highest BCUT2D eigenvalue weighted by molar-refractivity contribution is 5.67. The van der Waals surface area contributed by atoms with Crippen molar-refractivity contribution in [2.24, 2.45) is 0 Å². The van der Waals surface area contributed by atoms with Crippen molar-refractivity contribution in [3.05, 3.63) is 41.6 Å². The van der Waals surface area contributed by atoms with Crippen molar-refractivity contribution >= 4 is 23.5 Å². The van der Waals surface area contributed by atoms with E-state index in [4.69, 9.17) is 19.4 Å². The molecule has 254 valence electrons. The first-order valence-electron chi connectivity index (χ1n) is 17.7. The topological polar surface area (TPSA) is 95.1 Å². The third kappa shape index (κ3) is 9.94. The van der Waals surface area contributed by atoms with Gasteiger partial charge in [0.15, 0.2) is 0 Å². The molecule has 0 saturated carbocycles. The maximum atomic E-state index is 12.3. The summed E-state index contributed by atoms with van der Waals surface area (Å²) in [5.74, 6) is 1.81. The number of benzene rings is 1. The Labute approximate surface area is 276 Å². The number of nitrogens with zero attached hydrogens (tertiary/aromatic N) is 5. The van der Waals surface area contributed by atoms with Gasteiger partial charge in [-0.15, -0.1) is 0 Å². The van der Waals surface area contributed by atoms with E-state index in [0.29, 0.717) is 19.2 Å². The molecule has 2 unspecified atom stereocenters. The number of unbranched alkanes of at least 4 members (excludes halogenated alkanes) is 1. The summed E-state index contributed by atoms with van der Waals surface area (Å²) in [4.78, 5) is 29.6. The summed E-state index contributed by atoms with van der Waals surface area (Å²) >= 11 is 0. The number of piperidine rings is 1. The Bertz CT molecular complexity index is 1250. The molecule has 1 aromatic heterocycles. The fraction of sp³-hybridized carbons (Fsp3) is 0.694. The van der Waals surface area contributed by atoms with Crippen LogP contribution in [0.2, 0.25) is 0 Å². The van der Waals surface area contributed by atoms with E-state index in [1.807, 2.05) is 20.8 Å². The van der Waals surface area contributed by atoms with E-state index in [9.17, 15) is 4.79 Å². The summed E-state index contributed by atoms with van der Waals surface area (Å²) in [6.07, 6.45) is 8.34. The summed E-state index contributed by atoms with van der Waals surface area (Å²) < 4.78 is 11.8. The number of hydrogen-bond acceptors (Lipinski definition) is 9. The third-order valence-electron chi connectivity index (χ3n) is 9.30. The Hall–Kier alpha value is -3.11. The normalized spacial score (nSPS) is 21.4. The van der Waals surface area contributed by atoms with E-state index >= 15 is 0 Å². The van der Waals surface area contributed by atoms with Gasteiger partial charge in [-0.25, -0.2) is 9.78 Å². The molecule has 3 aliphatic heterocycles. The summed E-state index contributed by atoms with van der Waals surface area (Å²) in [6.45, 7) is 16.9. The first-order chi connectivity index (χ1) is 22.2. The average molecular weight is 636 g/mol. The zero-order chi connectivity index (χ0) is 32.5. The molecule has 0 radical (unpaired) electrons. The van der Waals surface area contributed by atoms with Gasteiger partial charge in [-0.3, -0.25) is 0 Å². The molecule has 0 spiro atoms. The highest BCUT2D eigenvalue weighted by atomic mass is 16.6. The number of carbonyl (C=O) groups excluding carboxylic acids is 1. The lowest BCUT2D eigenvalue weighted by Crippen LogP contribution is -2.43. The number of aromatic nitrogens is 2. The van der Waals surface area contributed by atoms with Crippen molar-refractivity contribution in [1.29, 1.82) is 0 Å². The van der Waals surface area contributed by atoms with Crippen molar-refractivity contribution in [2.75, 3.05) is 60.6 Å². The second-order valence-corrected chi connectivity index (χ2v) is 14.3. The zero-order valence-electron chi connectivity index (χ0n) is 28.9. The maximum Gasteiger partial charge on any atom is 0.407 e. The molecular formula is C36H57N7O3. The van der Waals surface area contributed by atoms with Crippen LogP contribution in [0.5, 0.6) is 0 Å². The van der Waals surface area contributed by atoms with Gasteiger partial charge < -0.3 is 34.8 Å². The molecule has 5 rings (SSSR count). The Morgan fingerprint density at radius 3 is 2.54 bits per heavy atom. The lowest BCUT2D eigenvalue weighted by atomic mass is 10.0. The molecule has 3 saturated heterocycles. The number of nitrogens with one attached hydrogen (secondary N) is 2. The van der Waals surface area contributed by atoms with Crippen LogP contribution in [-0.2, 0) is 16.0 Å². The Morgan fingerprint density at radius 1 is 1.02 bits per heavy atom. The minimum Gasteiger partial charge on any atom is -0.444 e. The SMILES string of the molecule is CCCCC1COC(CNC(=O)OC(C)(C)C)CCN1c1nc(C)cc(N2CCC(NCc3cccc(N4CCCC4)c3)CC2)n1. The van der Waals surface area contributed by atoms with Gasteiger partial charge in [0.2, 0.25) is 5.95 Å². The minimum atomic E-state index is -0.526. The first-order valence-corrected chi connectivity index (χ1v) is 17.7. The van der Waals surface area contributed by atoms with Gasteiger partial charge in [0.1, 0.15) is 11.4 Å². The Kier molecular flexibility index (Phi) is 12.0. The quantitative estimate of drug-likeness (QED) is 0.317.